The Hall–Kier alpha value is -1.39. The SMILES string of the molecule is CCC1OCCC1C(=O)Nc1cccc(CNC)c1. The molecule has 0 spiro atoms. The second-order valence-corrected chi connectivity index (χ2v) is 4.93. The second kappa shape index (κ2) is 6.68. The molecule has 2 N–H and O–H groups in total. The van der Waals surface area contributed by atoms with E-state index in [9.17, 15) is 4.79 Å². The van der Waals surface area contributed by atoms with Crippen molar-refractivity contribution >= 4 is 11.6 Å². The fourth-order valence-corrected chi connectivity index (χ4v) is 2.55. The predicted molar refractivity (Wildman–Crippen MR) is 76.0 cm³/mol. The second-order valence-electron chi connectivity index (χ2n) is 4.93. The lowest BCUT2D eigenvalue weighted by atomic mass is 9.98. The quantitative estimate of drug-likeness (QED) is 0.855. The van der Waals surface area contributed by atoms with Gasteiger partial charge in [0.25, 0.3) is 0 Å². The van der Waals surface area contributed by atoms with E-state index in [1.165, 1.54) is 0 Å². The van der Waals surface area contributed by atoms with Gasteiger partial charge in [-0.1, -0.05) is 19.1 Å². The van der Waals surface area contributed by atoms with Crippen LogP contribution in [-0.4, -0.2) is 25.7 Å². The average Bonchev–Trinajstić information content (AvgIpc) is 2.88. The van der Waals surface area contributed by atoms with E-state index < -0.39 is 0 Å². The first-order valence-electron chi connectivity index (χ1n) is 6.90. The molecule has 1 aliphatic rings. The number of ether oxygens (including phenoxy) is 1. The fraction of sp³-hybridized carbons (Fsp3) is 0.533. The van der Waals surface area contributed by atoms with Gasteiger partial charge in [0, 0.05) is 18.8 Å². The van der Waals surface area contributed by atoms with Gasteiger partial charge in [-0.3, -0.25) is 4.79 Å². The molecule has 1 aromatic rings. The summed E-state index contributed by atoms with van der Waals surface area (Å²) in [5, 5.41) is 6.10. The molecular formula is C15H22N2O2. The maximum absolute atomic E-state index is 12.2. The van der Waals surface area contributed by atoms with Crippen LogP contribution in [0.2, 0.25) is 0 Å². The zero-order valence-corrected chi connectivity index (χ0v) is 11.6. The standard InChI is InChI=1S/C15H22N2O2/c1-3-14-13(7-8-19-14)15(18)17-12-6-4-5-11(9-12)10-16-2/h4-6,9,13-14,16H,3,7-8,10H2,1-2H3,(H,17,18). The molecule has 0 aromatic heterocycles. The average molecular weight is 262 g/mol. The third-order valence-corrected chi connectivity index (χ3v) is 3.52. The number of carbonyl (C=O) groups is 1. The largest absolute Gasteiger partial charge is 0.377 e. The Morgan fingerprint density at radius 1 is 1.47 bits per heavy atom. The number of hydrogen-bond acceptors (Lipinski definition) is 3. The first kappa shape index (κ1) is 14.0. The van der Waals surface area contributed by atoms with Gasteiger partial charge in [0.15, 0.2) is 0 Å². The van der Waals surface area contributed by atoms with Gasteiger partial charge < -0.3 is 15.4 Å². The highest BCUT2D eigenvalue weighted by Gasteiger charge is 2.32. The van der Waals surface area contributed by atoms with Gasteiger partial charge in [0.1, 0.15) is 0 Å². The summed E-state index contributed by atoms with van der Waals surface area (Å²) >= 11 is 0. The van der Waals surface area contributed by atoms with Gasteiger partial charge in [-0.15, -0.1) is 0 Å². The molecule has 19 heavy (non-hydrogen) atoms. The third kappa shape index (κ3) is 3.55. The van der Waals surface area contributed by atoms with Gasteiger partial charge in [0.2, 0.25) is 5.91 Å². The number of amides is 1. The van der Waals surface area contributed by atoms with E-state index in [-0.39, 0.29) is 17.9 Å². The van der Waals surface area contributed by atoms with E-state index in [0.717, 1.165) is 30.6 Å². The Labute approximate surface area is 114 Å². The molecule has 1 heterocycles. The molecule has 1 saturated heterocycles. The Morgan fingerprint density at radius 2 is 2.32 bits per heavy atom. The molecule has 0 radical (unpaired) electrons. The third-order valence-electron chi connectivity index (χ3n) is 3.52. The van der Waals surface area contributed by atoms with Crippen LogP contribution in [0.5, 0.6) is 0 Å². The van der Waals surface area contributed by atoms with Crippen molar-refractivity contribution in [1.82, 2.24) is 5.32 Å². The van der Waals surface area contributed by atoms with Crippen LogP contribution in [0.1, 0.15) is 25.3 Å². The van der Waals surface area contributed by atoms with E-state index >= 15 is 0 Å². The molecule has 4 heteroatoms. The van der Waals surface area contributed by atoms with Crippen molar-refractivity contribution in [2.75, 3.05) is 19.0 Å². The van der Waals surface area contributed by atoms with Crippen LogP contribution in [0.4, 0.5) is 5.69 Å². The summed E-state index contributed by atoms with van der Waals surface area (Å²) in [5.41, 5.74) is 2.02. The molecule has 4 nitrogen and oxygen atoms in total. The summed E-state index contributed by atoms with van der Waals surface area (Å²) < 4.78 is 5.57. The van der Waals surface area contributed by atoms with Gasteiger partial charge in [-0.2, -0.15) is 0 Å². The molecule has 1 aliphatic heterocycles. The van der Waals surface area contributed by atoms with Crippen LogP contribution in [0, 0.1) is 5.92 Å². The van der Waals surface area contributed by atoms with Crippen molar-refractivity contribution in [2.45, 2.75) is 32.4 Å². The molecular weight excluding hydrogens is 240 g/mol. The van der Waals surface area contributed by atoms with Crippen LogP contribution in [0.3, 0.4) is 0 Å². The lowest BCUT2D eigenvalue weighted by molar-refractivity contribution is -0.121. The van der Waals surface area contributed by atoms with Crippen molar-refractivity contribution in [3.8, 4) is 0 Å². The van der Waals surface area contributed by atoms with Crippen molar-refractivity contribution in [1.29, 1.82) is 0 Å². The Balaban J connectivity index is 2.00. The van der Waals surface area contributed by atoms with Crippen LogP contribution < -0.4 is 10.6 Å². The number of hydrogen-bond donors (Lipinski definition) is 2. The Morgan fingerprint density at radius 3 is 3.05 bits per heavy atom. The summed E-state index contributed by atoms with van der Waals surface area (Å²) in [4.78, 5) is 12.2. The Bertz CT molecular complexity index is 434. The Kier molecular flexibility index (Phi) is 4.93. The highest BCUT2D eigenvalue weighted by Crippen LogP contribution is 2.25. The molecule has 2 rings (SSSR count). The van der Waals surface area contributed by atoms with E-state index in [2.05, 4.69) is 17.6 Å². The highest BCUT2D eigenvalue weighted by molar-refractivity contribution is 5.93. The summed E-state index contributed by atoms with van der Waals surface area (Å²) in [7, 11) is 1.91. The molecule has 1 fully saturated rings. The lowest BCUT2D eigenvalue weighted by Crippen LogP contribution is -2.29. The van der Waals surface area contributed by atoms with Gasteiger partial charge in [0.05, 0.1) is 12.0 Å². The number of rotatable bonds is 5. The topological polar surface area (TPSA) is 50.4 Å². The molecule has 0 bridgehead atoms. The van der Waals surface area contributed by atoms with Gasteiger partial charge in [-0.25, -0.2) is 0 Å². The zero-order chi connectivity index (χ0) is 13.7. The summed E-state index contributed by atoms with van der Waals surface area (Å²) in [6, 6.07) is 7.93. The monoisotopic (exact) mass is 262 g/mol. The van der Waals surface area contributed by atoms with Crippen LogP contribution in [0.15, 0.2) is 24.3 Å². The first-order chi connectivity index (χ1) is 9.24. The van der Waals surface area contributed by atoms with Gasteiger partial charge in [-0.05, 0) is 37.6 Å². The first-order valence-corrected chi connectivity index (χ1v) is 6.90. The summed E-state index contributed by atoms with van der Waals surface area (Å²) in [5.74, 6) is 0.0592. The zero-order valence-electron chi connectivity index (χ0n) is 11.6. The molecule has 2 unspecified atom stereocenters. The van der Waals surface area contributed by atoms with E-state index in [4.69, 9.17) is 4.74 Å². The van der Waals surface area contributed by atoms with Crippen LogP contribution in [-0.2, 0) is 16.1 Å². The maximum Gasteiger partial charge on any atom is 0.230 e. The normalized spacial score (nSPS) is 22.4. The van der Waals surface area contributed by atoms with Crippen molar-refractivity contribution < 1.29 is 9.53 Å². The summed E-state index contributed by atoms with van der Waals surface area (Å²) in [6.07, 6.45) is 1.78. The highest BCUT2D eigenvalue weighted by atomic mass is 16.5. The molecule has 0 saturated carbocycles. The number of benzene rings is 1. The minimum absolute atomic E-state index is 0.0158. The number of anilines is 1. The fourth-order valence-electron chi connectivity index (χ4n) is 2.55. The van der Waals surface area contributed by atoms with E-state index in [0.29, 0.717) is 6.61 Å². The van der Waals surface area contributed by atoms with Crippen molar-refractivity contribution in [3.05, 3.63) is 29.8 Å². The maximum atomic E-state index is 12.2. The molecule has 1 amide bonds. The number of nitrogens with one attached hydrogen (secondary N) is 2. The van der Waals surface area contributed by atoms with Crippen molar-refractivity contribution in [2.24, 2.45) is 5.92 Å². The van der Waals surface area contributed by atoms with E-state index in [1.807, 2.05) is 31.3 Å². The minimum Gasteiger partial charge on any atom is -0.377 e. The molecule has 104 valence electrons. The smallest absolute Gasteiger partial charge is 0.230 e. The molecule has 1 aromatic carbocycles. The minimum atomic E-state index is -0.0158. The van der Waals surface area contributed by atoms with Crippen molar-refractivity contribution in [3.63, 3.8) is 0 Å². The number of carbonyl (C=O) groups excluding carboxylic acids is 1. The van der Waals surface area contributed by atoms with Gasteiger partial charge >= 0.3 is 0 Å². The van der Waals surface area contributed by atoms with Crippen LogP contribution >= 0.6 is 0 Å². The predicted octanol–water partition coefficient (Wildman–Crippen LogP) is 2.16. The van der Waals surface area contributed by atoms with Crippen LogP contribution in [0.25, 0.3) is 0 Å². The summed E-state index contributed by atoms with van der Waals surface area (Å²) in [6.45, 7) is 3.55. The lowest BCUT2D eigenvalue weighted by Gasteiger charge is -2.16. The molecule has 0 aliphatic carbocycles. The molecule has 2 atom stereocenters. The van der Waals surface area contributed by atoms with E-state index in [1.54, 1.807) is 0 Å².